The summed E-state index contributed by atoms with van der Waals surface area (Å²) in [6.45, 7) is 4.53. The quantitative estimate of drug-likeness (QED) is 0.484. The summed E-state index contributed by atoms with van der Waals surface area (Å²) in [5.41, 5.74) is 0. The molecule has 1 rings (SSSR count). The summed E-state index contributed by atoms with van der Waals surface area (Å²) in [6, 6.07) is 0. The Morgan fingerprint density at radius 2 is 2.44 bits per heavy atom. The highest BCUT2D eigenvalue weighted by molar-refractivity contribution is 4.89. The Morgan fingerprint density at radius 3 is 3.33 bits per heavy atom. The molecule has 0 aliphatic carbocycles. The third-order valence-electron chi connectivity index (χ3n) is 1.74. The van der Waals surface area contributed by atoms with E-state index in [9.17, 15) is 0 Å². The van der Waals surface area contributed by atoms with Gasteiger partial charge in [-0.3, -0.25) is 0 Å². The number of hydrogen-bond donors (Lipinski definition) is 1. The number of hydrogen-bond acceptors (Lipinski definition) is 1. The van der Waals surface area contributed by atoms with Crippen LogP contribution in [0, 0.1) is 5.92 Å². The zero-order valence-corrected chi connectivity index (χ0v) is 6.06. The molecule has 1 aliphatic heterocycles. The molecule has 1 N–H and O–H groups in total. The lowest BCUT2D eigenvalue weighted by molar-refractivity contribution is 0.561. The largest absolute Gasteiger partial charge is 0.313 e. The van der Waals surface area contributed by atoms with Crippen LogP contribution < -0.4 is 5.32 Å². The van der Waals surface area contributed by atoms with Crippen molar-refractivity contribution in [2.45, 2.75) is 19.8 Å². The Kier molecular flexibility index (Phi) is 2.78. The van der Waals surface area contributed by atoms with E-state index in [0.717, 1.165) is 12.5 Å². The average molecular weight is 125 g/mol. The van der Waals surface area contributed by atoms with Crippen LogP contribution in [0.2, 0.25) is 0 Å². The van der Waals surface area contributed by atoms with Crippen molar-refractivity contribution in [3.05, 3.63) is 12.2 Å². The van der Waals surface area contributed by atoms with Gasteiger partial charge < -0.3 is 5.32 Å². The fourth-order valence-corrected chi connectivity index (χ4v) is 1.13. The fraction of sp³-hybridized carbons (Fsp3) is 0.750. The van der Waals surface area contributed by atoms with Crippen LogP contribution in [0.3, 0.4) is 0 Å². The molecule has 1 nitrogen and oxygen atoms in total. The highest BCUT2D eigenvalue weighted by Gasteiger charge is 1.98. The number of rotatable bonds is 0. The second-order valence-electron chi connectivity index (χ2n) is 2.75. The zero-order chi connectivity index (χ0) is 6.53. The van der Waals surface area contributed by atoms with Crippen LogP contribution in [-0.2, 0) is 0 Å². The highest BCUT2D eigenvalue weighted by atomic mass is 14.8. The van der Waals surface area contributed by atoms with E-state index < -0.39 is 0 Å². The molecule has 52 valence electrons. The molecule has 0 aromatic carbocycles. The summed E-state index contributed by atoms with van der Waals surface area (Å²) in [5, 5.41) is 3.32. The Labute approximate surface area is 57.1 Å². The van der Waals surface area contributed by atoms with Gasteiger partial charge in [-0.1, -0.05) is 19.1 Å². The molecule has 0 spiro atoms. The second-order valence-corrected chi connectivity index (χ2v) is 2.75. The lowest BCUT2D eigenvalue weighted by Gasteiger charge is -2.09. The fourth-order valence-electron chi connectivity index (χ4n) is 1.13. The number of nitrogens with one attached hydrogen (secondary N) is 1. The Morgan fingerprint density at radius 1 is 1.56 bits per heavy atom. The summed E-state index contributed by atoms with van der Waals surface area (Å²) >= 11 is 0. The molecule has 1 atom stereocenters. The average Bonchev–Trinajstić information content (AvgIpc) is 1.79. The maximum absolute atomic E-state index is 3.32. The third-order valence-corrected chi connectivity index (χ3v) is 1.74. The molecule has 0 bridgehead atoms. The van der Waals surface area contributed by atoms with Gasteiger partial charge in [0.25, 0.3) is 0 Å². The van der Waals surface area contributed by atoms with Gasteiger partial charge >= 0.3 is 0 Å². The van der Waals surface area contributed by atoms with Crippen molar-refractivity contribution in [2.24, 2.45) is 5.92 Å². The monoisotopic (exact) mass is 125 g/mol. The van der Waals surface area contributed by atoms with Gasteiger partial charge in [0.2, 0.25) is 0 Å². The predicted molar refractivity (Wildman–Crippen MR) is 40.4 cm³/mol. The Balaban J connectivity index is 2.30. The summed E-state index contributed by atoms with van der Waals surface area (Å²) in [7, 11) is 0. The van der Waals surface area contributed by atoms with E-state index >= 15 is 0 Å². The van der Waals surface area contributed by atoms with Gasteiger partial charge in [0, 0.05) is 6.54 Å². The zero-order valence-electron chi connectivity index (χ0n) is 6.06. The van der Waals surface area contributed by atoms with E-state index in [1.165, 1.54) is 19.4 Å². The molecule has 0 fully saturated rings. The van der Waals surface area contributed by atoms with E-state index in [1.807, 2.05) is 0 Å². The Hall–Kier alpha value is -0.300. The molecule has 0 saturated carbocycles. The Bertz CT molecular complexity index is 96.7. The maximum atomic E-state index is 3.32. The summed E-state index contributed by atoms with van der Waals surface area (Å²) < 4.78 is 0. The highest BCUT2D eigenvalue weighted by Crippen LogP contribution is 2.07. The molecule has 1 unspecified atom stereocenters. The van der Waals surface area contributed by atoms with Crippen LogP contribution in [0.1, 0.15) is 19.8 Å². The molecular formula is C8H15N. The van der Waals surface area contributed by atoms with Crippen LogP contribution in [0.15, 0.2) is 12.2 Å². The topological polar surface area (TPSA) is 12.0 Å². The molecule has 1 aliphatic rings. The molecule has 0 radical (unpaired) electrons. The van der Waals surface area contributed by atoms with Crippen molar-refractivity contribution in [2.75, 3.05) is 13.1 Å². The van der Waals surface area contributed by atoms with Crippen molar-refractivity contribution < 1.29 is 0 Å². The summed E-state index contributed by atoms with van der Waals surface area (Å²) in [4.78, 5) is 0. The minimum Gasteiger partial charge on any atom is -0.313 e. The van der Waals surface area contributed by atoms with Crippen molar-refractivity contribution in [1.82, 2.24) is 5.32 Å². The summed E-state index contributed by atoms with van der Waals surface area (Å²) in [6.07, 6.45) is 7.19. The van der Waals surface area contributed by atoms with Crippen molar-refractivity contribution in [3.8, 4) is 0 Å². The molecular weight excluding hydrogens is 110 g/mol. The van der Waals surface area contributed by atoms with Gasteiger partial charge in [0.05, 0.1) is 0 Å². The molecule has 1 heterocycles. The lowest BCUT2D eigenvalue weighted by atomic mass is 10.0. The van der Waals surface area contributed by atoms with Gasteiger partial charge in [0.1, 0.15) is 0 Å². The normalized spacial score (nSPS) is 32.8. The first kappa shape index (κ1) is 6.81. The maximum Gasteiger partial charge on any atom is 0.0134 e. The van der Waals surface area contributed by atoms with Crippen LogP contribution in [0.5, 0.6) is 0 Å². The molecule has 0 aromatic heterocycles. The van der Waals surface area contributed by atoms with Crippen LogP contribution in [0.4, 0.5) is 0 Å². The van der Waals surface area contributed by atoms with E-state index in [4.69, 9.17) is 0 Å². The third kappa shape index (κ3) is 2.66. The van der Waals surface area contributed by atoms with Gasteiger partial charge in [-0.2, -0.15) is 0 Å². The van der Waals surface area contributed by atoms with Gasteiger partial charge in [-0.05, 0) is 25.3 Å². The molecule has 9 heavy (non-hydrogen) atoms. The van der Waals surface area contributed by atoms with Crippen molar-refractivity contribution in [1.29, 1.82) is 0 Å². The molecule has 1 heteroatoms. The van der Waals surface area contributed by atoms with Gasteiger partial charge in [-0.25, -0.2) is 0 Å². The first-order valence-electron chi connectivity index (χ1n) is 3.77. The van der Waals surface area contributed by atoms with Crippen LogP contribution in [-0.4, -0.2) is 13.1 Å². The first-order chi connectivity index (χ1) is 4.39. The van der Waals surface area contributed by atoms with Crippen molar-refractivity contribution in [3.63, 3.8) is 0 Å². The van der Waals surface area contributed by atoms with Crippen LogP contribution in [0.25, 0.3) is 0 Å². The van der Waals surface area contributed by atoms with E-state index in [1.54, 1.807) is 0 Å². The van der Waals surface area contributed by atoms with Crippen molar-refractivity contribution >= 4 is 0 Å². The lowest BCUT2D eigenvalue weighted by Crippen LogP contribution is -2.17. The SMILES string of the molecule is CC1/C=C\CNCCC1. The smallest absolute Gasteiger partial charge is 0.0134 e. The minimum atomic E-state index is 0.798. The van der Waals surface area contributed by atoms with E-state index in [2.05, 4.69) is 24.4 Å². The van der Waals surface area contributed by atoms with Gasteiger partial charge in [-0.15, -0.1) is 0 Å². The molecule has 0 amide bonds. The molecule has 0 aromatic rings. The van der Waals surface area contributed by atoms with E-state index in [0.29, 0.717) is 0 Å². The van der Waals surface area contributed by atoms with Crippen LogP contribution >= 0.6 is 0 Å². The predicted octanol–water partition coefficient (Wildman–Crippen LogP) is 1.56. The van der Waals surface area contributed by atoms with E-state index in [-0.39, 0.29) is 0 Å². The first-order valence-corrected chi connectivity index (χ1v) is 3.77. The summed E-state index contributed by atoms with van der Waals surface area (Å²) in [5.74, 6) is 0.798. The molecule has 0 saturated heterocycles. The number of allylic oxidation sites excluding steroid dienone is 1. The minimum absolute atomic E-state index is 0.798. The standard InChI is InChI=1S/C8H15N/c1-8-4-2-6-9-7-3-5-8/h2,4,8-9H,3,5-7H2,1H3/b4-2-. The van der Waals surface area contributed by atoms with Gasteiger partial charge in [0.15, 0.2) is 0 Å². The second kappa shape index (κ2) is 3.67.